The van der Waals surface area contributed by atoms with E-state index < -0.39 is 11.4 Å². The Labute approximate surface area is 114 Å². The molecule has 0 aliphatic carbocycles. The molecule has 0 aliphatic rings. The average Bonchev–Trinajstić information content (AvgIpc) is 2.09. The van der Waals surface area contributed by atoms with Crippen LogP contribution in [0.4, 0.5) is 0 Å². The molecule has 1 aromatic rings. The maximum absolute atomic E-state index is 10.0. The maximum atomic E-state index is 10.0. The van der Waals surface area contributed by atoms with Crippen molar-refractivity contribution in [2.24, 2.45) is 5.41 Å². The summed E-state index contributed by atoms with van der Waals surface area (Å²) in [6.45, 7) is 8.63. The zero-order valence-corrected chi connectivity index (χ0v) is 13.5. The van der Waals surface area contributed by atoms with Crippen LogP contribution in [-0.4, -0.2) is 16.1 Å². The number of carbonyl (C=O) groups is 1. The molecule has 0 aromatic carbocycles. The molecule has 1 heterocycles. The molecule has 1 aromatic heterocycles. The molecule has 5 heteroatoms. The van der Waals surface area contributed by atoms with Crippen molar-refractivity contribution in [2.75, 3.05) is 0 Å². The minimum atomic E-state index is -0.757. The Balaban J connectivity index is 0. The van der Waals surface area contributed by atoms with E-state index in [9.17, 15) is 4.79 Å². The van der Waals surface area contributed by atoms with Gasteiger partial charge in [-0.3, -0.25) is 4.79 Å². The first-order valence-electron chi connectivity index (χ1n) is 4.40. The van der Waals surface area contributed by atoms with Gasteiger partial charge in [0.05, 0.1) is 5.41 Å². The molecule has 0 fully saturated rings. The Bertz CT molecular complexity index is 299. The first-order chi connectivity index (χ1) is 6.73. The molecular formula is C11H15ClNO2Zn-. The third kappa shape index (κ3) is 8.69. The van der Waals surface area contributed by atoms with Crippen LogP contribution in [0, 0.1) is 12.3 Å². The quantitative estimate of drug-likeness (QED) is 0.454. The van der Waals surface area contributed by atoms with E-state index >= 15 is 0 Å². The zero-order valence-electron chi connectivity index (χ0n) is 9.83. The SMILES string of the molecule is CC(C)(C)C(=O)O.[CH2-]c1ccc(Cl)nc1.[Zn]. The molecule has 0 atom stereocenters. The molecule has 0 radical (unpaired) electrons. The molecule has 0 bridgehead atoms. The normalized spacial score (nSPS) is 9.50. The van der Waals surface area contributed by atoms with Crippen molar-refractivity contribution in [3.05, 3.63) is 36.0 Å². The Kier molecular flexibility index (Phi) is 8.49. The largest absolute Gasteiger partial charge is 0.481 e. The molecule has 16 heavy (non-hydrogen) atoms. The Hall–Kier alpha value is -0.597. The first-order valence-corrected chi connectivity index (χ1v) is 4.78. The van der Waals surface area contributed by atoms with E-state index in [-0.39, 0.29) is 19.5 Å². The van der Waals surface area contributed by atoms with Gasteiger partial charge in [0.2, 0.25) is 0 Å². The minimum absolute atomic E-state index is 0. The van der Waals surface area contributed by atoms with Crippen molar-refractivity contribution >= 4 is 17.6 Å². The van der Waals surface area contributed by atoms with Crippen LogP contribution >= 0.6 is 11.6 Å². The van der Waals surface area contributed by atoms with Crippen LogP contribution in [0.15, 0.2) is 18.3 Å². The standard InChI is InChI=1S/C6H5ClN.C5H10O2.Zn/c1-5-2-3-6(7)8-4-5;1-5(2,3)4(6)7;/h2-4H,1H2;1-3H3,(H,6,7);/q-1;;. The second-order valence-electron chi connectivity index (χ2n) is 4.04. The molecule has 1 N–H and O–H groups in total. The van der Waals surface area contributed by atoms with Gasteiger partial charge in [-0.05, 0) is 20.8 Å². The smallest absolute Gasteiger partial charge is 0.308 e. The van der Waals surface area contributed by atoms with Crippen LogP contribution in [0.5, 0.6) is 0 Å². The van der Waals surface area contributed by atoms with Crippen LogP contribution in [0.1, 0.15) is 26.3 Å². The molecule has 0 spiro atoms. The summed E-state index contributed by atoms with van der Waals surface area (Å²) < 4.78 is 0. The predicted octanol–water partition coefficient (Wildman–Crippen LogP) is 3.03. The van der Waals surface area contributed by atoms with Crippen molar-refractivity contribution in [1.82, 2.24) is 4.98 Å². The third-order valence-corrected chi connectivity index (χ3v) is 1.65. The van der Waals surface area contributed by atoms with Gasteiger partial charge in [0, 0.05) is 19.5 Å². The summed E-state index contributed by atoms with van der Waals surface area (Å²) in [7, 11) is 0. The molecule has 1 rings (SSSR count). The van der Waals surface area contributed by atoms with E-state index in [1.54, 1.807) is 33.0 Å². The van der Waals surface area contributed by atoms with Crippen LogP contribution in [0.25, 0.3) is 0 Å². The van der Waals surface area contributed by atoms with Gasteiger partial charge in [-0.15, -0.1) is 0 Å². The van der Waals surface area contributed by atoms with Gasteiger partial charge in [-0.25, -0.2) is 0 Å². The van der Waals surface area contributed by atoms with Gasteiger partial charge in [0.1, 0.15) is 5.15 Å². The second-order valence-corrected chi connectivity index (χ2v) is 4.43. The number of nitrogens with zero attached hydrogens (tertiary/aromatic N) is 1. The van der Waals surface area contributed by atoms with Gasteiger partial charge in [-0.1, -0.05) is 23.9 Å². The molecule has 0 saturated carbocycles. The van der Waals surface area contributed by atoms with E-state index in [1.807, 2.05) is 6.07 Å². The molecular weight excluding hydrogens is 279 g/mol. The zero-order chi connectivity index (χ0) is 12.1. The number of pyridine rings is 1. The van der Waals surface area contributed by atoms with Crippen molar-refractivity contribution in [3.8, 4) is 0 Å². The molecule has 0 unspecified atom stereocenters. The van der Waals surface area contributed by atoms with Gasteiger partial charge in [-0.2, -0.15) is 18.6 Å². The van der Waals surface area contributed by atoms with Crippen LogP contribution in [-0.2, 0) is 24.3 Å². The van der Waals surface area contributed by atoms with Gasteiger partial charge in [0.15, 0.2) is 0 Å². The molecule has 0 saturated heterocycles. The fourth-order valence-corrected chi connectivity index (χ4v) is 0.518. The number of carboxylic acids is 1. The fourth-order valence-electron chi connectivity index (χ4n) is 0.406. The maximum Gasteiger partial charge on any atom is 0.308 e. The molecule has 86 valence electrons. The summed E-state index contributed by atoms with van der Waals surface area (Å²) in [5.74, 6) is -0.757. The summed E-state index contributed by atoms with van der Waals surface area (Å²) >= 11 is 5.47. The van der Waals surface area contributed by atoms with Crippen molar-refractivity contribution in [3.63, 3.8) is 0 Å². The van der Waals surface area contributed by atoms with E-state index in [0.29, 0.717) is 5.15 Å². The molecule has 0 amide bonds. The summed E-state index contributed by atoms with van der Waals surface area (Å²) in [6.07, 6.45) is 1.63. The van der Waals surface area contributed by atoms with E-state index in [2.05, 4.69) is 11.9 Å². The Morgan fingerprint density at radius 2 is 1.88 bits per heavy atom. The monoisotopic (exact) mass is 292 g/mol. The van der Waals surface area contributed by atoms with E-state index in [4.69, 9.17) is 16.7 Å². The van der Waals surface area contributed by atoms with Crippen LogP contribution < -0.4 is 0 Å². The predicted molar refractivity (Wildman–Crippen MR) is 60.8 cm³/mol. The Morgan fingerprint density at radius 1 is 1.44 bits per heavy atom. The molecule has 3 nitrogen and oxygen atoms in total. The number of aliphatic carboxylic acids is 1. The van der Waals surface area contributed by atoms with E-state index in [0.717, 1.165) is 5.56 Å². The fraction of sp³-hybridized carbons (Fsp3) is 0.364. The second kappa shape index (κ2) is 7.64. The summed E-state index contributed by atoms with van der Waals surface area (Å²) in [6, 6.07) is 3.53. The van der Waals surface area contributed by atoms with E-state index in [1.165, 1.54) is 0 Å². The van der Waals surface area contributed by atoms with Gasteiger partial charge >= 0.3 is 5.97 Å². The number of hydrogen-bond donors (Lipinski definition) is 1. The average molecular weight is 294 g/mol. The summed E-state index contributed by atoms with van der Waals surface area (Å²) in [5.41, 5.74) is 0.300. The van der Waals surface area contributed by atoms with Crippen molar-refractivity contribution in [1.29, 1.82) is 0 Å². The minimum Gasteiger partial charge on any atom is -0.481 e. The van der Waals surface area contributed by atoms with Crippen molar-refractivity contribution < 1.29 is 29.4 Å². The van der Waals surface area contributed by atoms with Gasteiger partial charge < -0.3 is 10.1 Å². The third-order valence-electron chi connectivity index (χ3n) is 1.43. The molecule has 0 aliphatic heterocycles. The topological polar surface area (TPSA) is 50.2 Å². The van der Waals surface area contributed by atoms with Crippen molar-refractivity contribution in [2.45, 2.75) is 20.8 Å². The summed E-state index contributed by atoms with van der Waals surface area (Å²) in [4.78, 5) is 13.8. The number of hydrogen-bond acceptors (Lipinski definition) is 2. The van der Waals surface area contributed by atoms with Crippen LogP contribution in [0.3, 0.4) is 0 Å². The number of halogens is 1. The van der Waals surface area contributed by atoms with Crippen LogP contribution in [0.2, 0.25) is 5.15 Å². The Morgan fingerprint density at radius 3 is 2.06 bits per heavy atom. The number of carboxylic acid groups (broad SMARTS) is 1. The number of rotatable bonds is 0. The van der Waals surface area contributed by atoms with Gasteiger partial charge in [0.25, 0.3) is 0 Å². The summed E-state index contributed by atoms with van der Waals surface area (Å²) in [5, 5.41) is 8.76. The first kappa shape index (κ1) is 17.8. The number of aromatic nitrogens is 1.